The van der Waals surface area contributed by atoms with Gasteiger partial charge in [-0.1, -0.05) is 18.2 Å². The number of sulfonamides is 1. The minimum absolute atomic E-state index is 0.00594. The summed E-state index contributed by atoms with van der Waals surface area (Å²) in [6.45, 7) is 0. The van der Waals surface area contributed by atoms with Crippen LogP contribution in [0.2, 0.25) is 5.28 Å². The van der Waals surface area contributed by atoms with Crippen LogP contribution >= 0.6 is 11.6 Å². The van der Waals surface area contributed by atoms with Crippen LogP contribution in [0.25, 0.3) is 0 Å². The number of hydrogen-bond donors (Lipinski definition) is 1. The van der Waals surface area contributed by atoms with Crippen LogP contribution in [0, 0.1) is 10.1 Å². The van der Waals surface area contributed by atoms with Gasteiger partial charge in [-0.25, -0.2) is 13.4 Å². The molecule has 2 aromatic rings. The van der Waals surface area contributed by atoms with E-state index in [1.807, 2.05) is 0 Å². The van der Waals surface area contributed by atoms with E-state index in [0.717, 1.165) is 0 Å². The summed E-state index contributed by atoms with van der Waals surface area (Å²) >= 11 is 5.55. The molecule has 0 atom stereocenters. The Kier molecular flexibility index (Phi) is 4.34. The molecule has 2 rings (SSSR count). The fourth-order valence-corrected chi connectivity index (χ4v) is 2.91. The van der Waals surface area contributed by atoms with Gasteiger partial charge in [0.05, 0.1) is 4.92 Å². The Morgan fingerprint density at radius 3 is 2.67 bits per heavy atom. The number of benzene rings is 1. The Morgan fingerprint density at radius 1 is 1.29 bits per heavy atom. The fourth-order valence-electron chi connectivity index (χ4n) is 1.60. The van der Waals surface area contributed by atoms with Crippen molar-refractivity contribution < 1.29 is 13.3 Å². The average molecular weight is 329 g/mol. The maximum Gasteiger partial charge on any atom is 0.273 e. The summed E-state index contributed by atoms with van der Waals surface area (Å²) in [7, 11) is -3.86. The molecule has 1 aromatic heterocycles. The summed E-state index contributed by atoms with van der Waals surface area (Å²) in [4.78, 5) is 17.5. The van der Waals surface area contributed by atoms with Crippen LogP contribution < -0.4 is 4.72 Å². The summed E-state index contributed by atoms with van der Waals surface area (Å²) in [5.74, 6) is -0.556. The van der Waals surface area contributed by atoms with Crippen LogP contribution in [0.5, 0.6) is 0 Å². The molecule has 8 nitrogen and oxygen atoms in total. The fraction of sp³-hybridized carbons (Fsp3) is 0.0909. The third kappa shape index (κ3) is 4.10. The van der Waals surface area contributed by atoms with Gasteiger partial charge in [-0.2, -0.15) is 4.98 Å². The van der Waals surface area contributed by atoms with Crippen molar-refractivity contribution >= 4 is 33.1 Å². The lowest BCUT2D eigenvalue weighted by Crippen LogP contribution is -2.16. The van der Waals surface area contributed by atoms with E-state index in [9.17, 15) is 18.5 Å². The number of rotatable bonds is 5. The van der Waals surface area contributed by atoms with E-state index in [2.05, 4.69) is 14.7 Å². The number of nitrogens with zero attached hydrogens (tertiary/aromatic N) is 3. The molecule has 21 heavy (non-hydrogen) atoms. The predicted octanol–water partition coefficient (Wildman–Crippen LogP) is 1.98. The van der Waals surface area contributed by atoms with E-state index in [4.69, 9.17) is 11.6 Å². The number of halogens is 1. The zero-order chi connectivity index (χ0) is 15.5. The van der Waals surface area contributed by atoms with E-state index in [1.165, 1.54) is 36.5 Å². The van der Waals surface area contributed by atoms with Crippen LogP contribution in [0.4, 0.5) is 11.5 Å². The molecule has 0 spiro atoms. The van der Waals surface area contributed by atoms with Gasteiger partial charge < -0.3 is 0 Å². The Balaban J connectivity index is 2.24. The smallest absolute Gasteiger partial charge is 0.267 e. The first-order valence-corrected chi connectivity index (χ1v) is 7.62. The highest BCUT2D eigenvalue weighted by atomic mass is 35.5. The van der Waals surface area contributed by atoms with Gasteiger partial charge in [0.15, 0.2) is 0 Å². The van der Waals surface area contributed by atoms with Gasteiger partial charge in [0.25, 0.3) is 5.69 Å². The molecule has 1 heterocycles. The summed E-state index contributed by atoms with van der Waals surface area (Å²) < 4.78 is 26.2. The molecule has 1 N–H and O–H groups in total. The topological polar surface area (TPSA) is 115 Å². The highest BCUT2D eigenvalue weighted by Crippen LogP contribution is 2.21. The second-order valence-corrected chi connectivity index (χ2v) is 6.02. The summed E-state index contributed by atoms with van der Waals surface area (Å²) in [6, 6.07) is 6.94. The number of nitro groups is 1. The highest BCUT2D eigenvalue weighted by molar-refractivity contribution is 7.91. The molecule has 0 aliphatic carbocycles. The van der Waals surface area contributed by atoms with Gasteiger partial charge in [0.2, 0.25) is 15.3 Å². The number of para-hydroxylation sites is 1. The van der Waals surface area contributed by atoms with Crippen molar-refractivity contribution in [3.63, 3.8) is 0 Å². The van der Waals surface area contributed by atoms with Crippen LogP contribution in [0.1, 0.15) is 5.56 Å². The molecule has 0 amide bonds. The average Bonchev–Trinajstić information content (AvgIpc) is 2.37. The first kappa shape index (κ1) is 15.1. The maximum atomic E-state index is 12.0. The van der Waals surface area contributed by atoms with Crippen molar-refractivity contribution in [3.8, 4) is 0 Å². The molecule has 0 fully saturated rings. The number of nitro benzene ring substituents is 1. The van der Waals surface area contributed by atoms with Crippen molar-refractivity contribution in [2.24, 2.45) is 0 Å². The maximum absolute atomic E-state index is 12.0. The normalized spacial score (nSPS) is 11.1. The standard InChI is InChI=1S/C11H9ClN4O4S/c12-11-13-6-5-10(14-11)15-21(19,20)7-8-3-1-2-4-9(8)16(17)18/h1-6H,7H2,(H,13,14,15). The minimum Gasteiger partial charge on any atom is -0.267 e. The van der Waals surface area contributed by atoms with Gasteiger partial charge in [-0.15, -0.1) is 0 Å². The first-order valence-electron chi connectivity index (χ1n) is 5.59. The minimum atomic E-state index is -3.86. The zero-order valence-corrected chi connectivity index (χ0v) is 12.0. The monoisotopic (exact) mass is 328 g/mol. The number of hydrogen-bond acceptors (Lipinski definition) is 6. The van der Waals surface area contributed by atoms with Gasteiger partial charge in [0, 0.05) is 17.8 Å². The van der Waals surface area contributed by atoms with Crippen molar-refractivity contribution in [2.75, 3.05) is 4.72 Å². The molecule has 1 aromatic carbocycles. The zero-order valence-electron chi connectivity index (χ0n) is 10.4. The van der Waals surface area contributed by atoms with Crippen molar-refractivity contribution in [1.82, 2.24) is 9.97 Å². The van der Waals surface area contributed by atoms with E-state index in [1.54, 1.807) is 0 Å². The molecule has 0 bridgehead atoms. The van der Waals surface area contributed by atoms with E-state index in [0.29, 0.717) is 0 Å². The molecule has 110 valence electrons. The van der Waals surface area contributed by atoms with E-state index in [-0.39, 0.29) is 22.4 Å². The van der Waals surface area contributed by atoms with Crippen LogP contribution in [-0.2, 0) is 15.8 Å². The summed E-state index contributed by atoms with van der Waals surface area (Å²) in [5, 5.41) is 10.8. The van der Waals surface area contributed by atoms with Crippen molar-refractivity contribution in [1.29, 1.82) is 0 Å². The highest BCUT2D eigenvalue weighted by Gasteiger charge is 2.20. The van der Waals surface area contributed by atoms with Gasteiger partial charge in [-0.05, 0) is 17.7 Å². The molecular weight excluding hydrogens is 320 g/mol. The van der Waals surface area contributed by atoms with Gasteiger partial charge in [-0.3, -0.25) is 14.8 Å². The molecule has 0 aliphatic heterocycles. The second kappa shape index (κ2) is 6.02. The lowest BCUT2D eigenvalue weighted by atomic mass is 10.2. The summed E-state index contributed by atoms with van der Waals surface area (Å²) in [5.41, 5.74) is -0.182. The van der Waals surface area contributed by atoms with Crippen LogP contribution in [-0.4, -0.2) is 23.3 Å². The van der Waals surface area contributed by atoms with Crippen molar-refractivity contribution in [3.05, 3.63) is 57.5 Å². The van der Waals surface area contributed by atoms with E-state index >= 15 is 0 Å². The SMILES string of the molecule is O=[N+]([O-])c1ccccc1CS(=O)(=O)Nc1ccnc(Cl)n1. The second-order valence-electron chi connectivity index (χ2n) is 3.96. The van der Waals surface area contributed by atoms with Gasteiger partial charge in [0.1, 0.15) is 11.6 Å². The quantitative estimate of drug-likeness (QED) is 0.509. The lowest BCUT2D eigenvalue weighted by Gasteiger charge is -2.07. The Labute approximate surface area is 125 Å². The molecule has 0 radical (unpaired) electrons. The van der Waals surface area contributed by atoms with Gasteiger partial charge >= 0.3 is 0 Å². The number of aromatic nitrogens is 2. The third-order valence-electron chi connectivity index (χ3n) is 2.42. The molecule has 0 unspecified atom stereocenters. The molecule has 0 aliphatic rings. The predicted molar refractivity (Wildman–Crippen MR) is 76.4 cm³/mol. The Bertz CT molecular complexity index is 781. The lowest BCUT2D eigenvalue weighted by molar-refractivity contribution is -0.385. The van der Waals surface area contributed by atoms with Crippen LogP contribution in [0.3, 0.4) is 0 Å². The third-order valence-corrected chi connectivity index (χ3v) is 3.81. The molecular formula is C11H9ClN4O4S. The Morgan fingerprint density at radius 2 is 2.00 bits per heavy atom. The molecule has 0 saturated carbocycles. The largest absolute Gasteiger partial charge is 0.273 e. The first-order chi connectivity index (χ1) is 9.87. The van der Waals surface area contributed by atoms with E-state index < -0.39 is 20.7 Å². The Hall–Kier alpha value is -2.26. The number of nitrogens with one attached hydrogen (secondary N) is 1. The molecule has 0 saturated heterocycles. The van der Waals surface area contributed by atoms with Crippen LogP contribution in [0.15, 0.2) is 36.5 Å². The summed E-state index contributed by atoms with van der Waals surface area (Å²) in [6.07, 6.45) is 1.29. The number of anilines is 1. The van der Waals surface area contributed by atoms with Crippen molar-refractivity contribution in [2.45, 2.75) is 5.75 Å². The molecule has 10 heteroatoms.